The molecule has 0 unspecified atom stereocenters. The van der Waals surface area contributed by atoms with E-state index >= 15 is 0 Å². The largest absolute Gasteiger partial charge is 0.476 e. The highest BCUT2D eigenvalue weighted by Crippen LogP contribution is 2.64. The molecule has 0 saturated heterocycles. The molecule has 3 fully saturated rings. The molecule has 1 N–H and O–H groups in total. The topological polar surface area (TPSA) is 64.3 Å². The second-order valence-corrected chi connectivity index (χ2v) is 4.65. The molecule has 5 heteroatoms. The van der Waals surface area contributed by atoms with Gasteiger partial charge in [0.05, 0.1) is 6.61 Å². The van der Waals surface area contributed by atoms with Gasteiger partial charge in [-0.1, -0.05) is 0 Å². The van der Waals surface area contributed by atoms with E-state index in [2.05, 4.69) is 5.10 Å². The van der Waals surface area contributed by atoms with Crippen LogP contribution in [0.5, 0.6) is 5.88 Å². The molecule has 0 radical (unpaired) electrons. The lowest BCUT2D eigenvalue weighted by atomic mass is 9.45. The van der Waals surface area contributed by atoms with Gasteiger partial charge in [0.15, 0.2) is 0 Å². The third-order valence-corrected chi connectivity index (χ3v) is 3.45. The number of carbonyl (C=O) groups is 1. The molecule has 0 aromatic carbocycles. The van der Waals surface area contributed by atoms with Crippen LogP contribution in [0.4, 0.5) is 4.79 Å². The second kappa shape index (κ2) is 2.74. The molecule has 1 aromatic rings. The fourth-order valence-electron chi connectivity index (χ4n) is 2.55. The summed E-state index contributed by atoms with van der Waals surface area (Å²) in [6.07, 6.45) is 4.11. The first-order valence-electron chi connectivity index (χ1n) is 5.09. The Kier molecular flexibility index (Phi) is 1.60. The van der Waals surface area contributed by atoms with Crippen molar-refractivity contribution in [1.29, 1.82) is 0 Å². The van der Waals surface area contributed by atoms with Crippen molar-refractivity contribution >= 4 is 6.09 Å². The number of carboxylic acid groups (broad SMARTS) is 1. The molecule has 0 spiro atoms. The summed E-state index contributed by atoms with van der Waals surface area (Å²) in [5.41, 5.74) is 0.400. The minimum Gasteiger partial charge on any atom is -0.476 e. The van der Waals surface area contributed by atoms with E-state index in [1.165, 1.54) is 25.5 Å². The summed E-state index contributed by atoms with van der Waals surface area (Å²) in [7, 11) is 0. The van der Waals surface area contributed by atoms with Crippen LogP contribution in [0.2, 0.25) is 0 Å². The molecule has 2 bridgehead atoms. The third kappa shape index (κ3) is 1.30. The maximum Gasteiger partial charge on any atom is 0.432 e. The highest BCUT2D eigenvalue weighted by Gasteiger charge is 2.56. The van der Waals surface area contributed by atoms with E-state index in [1.54, 1.807) is 6.07 Å². The monoisotopic (exact) mass is 208 g/mol. The van der Waals surface area contributed by atoms with Gasteiger partial charge in [-0.15, -0.1) is 5.10 Å². The van der Waals surface area contributed by atoms with Crippen molar-refractivity contribution < 1.29 is 14.6 Å². The van der Waals surface area contributed by atoms with Crippen molar-refractivity contribution in [1.82, 2.24) is 9.78 Å². The van der Waals surface area contributed by atoms with Gasteiger partial charge in [0, 0.05) is 17.7 Å². The van der Waals surface area contributed by atoms with E-state index in [1.807, 2.05) is 0 Å². The number of hydrogen-bond acceptors (Lipinski definition) is 3. The van der Waals surface area contributed by atoms with Crippen LogP contribution >= 0.6 is 0 Å². The van der Waals surface area contributed by atoms with E-state index in [9.17, 15) is 4.79 Å². The van der Waals surface area contributed by atoms with Crippen LogP contribution in [-0.2, 0) is 0 Å². The molecule has 3 aliphatic carbocycles. The molecule has 1 aromatic heterocycles. The first-order valence-corrected chi connectivity index (χ1v) is 5.09. The molecular formula is C10H12N2O3. The van der Waals surface area contributed by atoms with Crippen molar-refractivity contribution in [3.05, 3.63) is 12.3 Å². The Morgan fingerprint density at radius 3 is 2.87 bits per heavy atom. The molecule has 15 heavy (non-hydrogen) atoms. The Morgan fingerprint density at radius 2 is 2.40 bits per heavy atom. The van der Waals surface area contributed by atoms with Gasteiger partial charge in [-0.2, -0.15) is 4.68 Å². The molecular weight excluding hydrogens is 196 g/mol. The molecule has 3 aliphatic rings. The summed E-state index contributed by atoms with van der Waals surface area (Å²) in [5.74, 6) is 1.34. The van der Waals surface area contributed by atoms with Gasteiger partial charge in [0.25, 0.3) is 0 Å². The van der Waals surface area contributed by atoms with Crippen molar-refractivity contribution in [3.8, 4) is 5.88 Å². The van der Waals surface area contributed by atoms with Crippen molar-refractivity contribution in [2.24, 2.45) is 11.3 Å². The molecule has 0 amide bonds. The minimum atomic E-state index is -1.09. The molecule has 5 nitrogen and oxygen atoms in total. The first-order chi connectivity index (χ1) is 7.17. The van der Waals surface area contributed by atoms with Crippen LogP contribution in [0.25, 0.3) is 0 Å². The van der Waals surface area contributed by atoms with Crippen LogP contribution in [0, 0.1) is 11.3 Å². The maximum absolute atomic E-state index is 10.5. The molecule has 0 aliphatic heterocycles. The lowest BCUT2D eigenvalue weighted by Gasteiger charge is -2.61. The molecule has 80 valence electrons. The van der Waals surface area contributed by atoms with Crippen molar-refractivity contribution in [3.63, 3.8) is 0 Å². The SMILES string of the molecule is O=C(O)n1ccc(OCC23CC(C2)C3)n1. The van der Waals surface area contributed by atoms with Gasteiger partial charge in [-0.3, -0.25) is 0 Å². The maximum atomic E-state index is 10.5. The summed E-state index contributed by atoms with van der Waals surface area (Å²) in [6, 6.07) is 1.58. The Morgan fingerprint density at radius 1 is 1.67 bits per heavy atom. The summed E-state index contributed by atoms with van der Waals surface area (Å²) >= 11 is 0. The highest BCUT2D eigenvalue weighted by molar-refractivity contribution is 5.66. The van der Waals surface area contributed by atoms with Crippen LogP contribution in [0.3, 0.4) is 0 Å². The summed E-state index contributed by atoms with van der Waals surface area (Å²) < 4.78 is 6.34. The number of hydrogen-bond donors (Lipinski definition) is 1. The Balaban J connectivity index is 1.59. The van der Waals surface area contributed by atoms with Crippen LogP contribution in [0.1, 0.15) is 19.3 Å². The highest BCUT2D eigenvalue weighted by atomic mass is 16.5. The van der Waals surface area contributed by atoms with E-state index in [4.69, 9.17) is 9.84 Å². The number of nitrogens with zero attached hydrogens (tertiary/aromatic N) is 2. The first kappa shape index (κ1) is 8.76. The lowest BCUT2D eigenvalue weighted by molar-refractivity contribution is -0.132. The fourth-order valence-corrected chi connectivity index (χ4v) is 2.55. The van der Waals surface area contributed by atoms with Gasteiger partial charge >= 0.3 is 6.09 Å². The van der Waals surface area contributed by atoms with Crippen molar-refractivity contribution in [2.75, 3.05) is 6.61 Å². The zero-order valence-electron chi connectivity index (χ0n) is 8.22. The Hall–Kier alpha value is -1.52. The number of ether oxygens (including phenoxy) is 1. The zero-order valence-corrected chi connectivity index (χ0v) is 8.22. The molecule has 0 atom stereocenters. The van der Waals surface area contributed by atoms with Crippen molar-refractivity contribution in [2.45, 2.75) is 19.3 Å². The van der Waals surface area contributed by atoms with Gasteiger partial charge in [-0.25, -0.2) is 4.79 Å². The van der Waals surface area contributed by atoms with E-state index in [0.29, 0.717) is 17.9 Å². The van der Waals surface area contributed by atoms with Crippen LogP contribution in [-0.4, -0.2) is 27.6 Å². The fraction of sp³-hybridized carbons (Fsp3) is 0.600. The quantitative estimate of drug-likeness (QED) is 0.819. The van der Waals surface area contributed by atoms with E-state index in [-0.39, 0.29) is 0 Å². The predicted octanol–water partition coefficient (Wildman–Crippen LogP) is 1.59. The Bertz CT molecular complexity index is 396. The van der Waals surface area contributed by atoms with Gasteiger partial charge < -0.3 is 9.84 Å². The number of aromatic nitrogens is 2. The van der Waals surface area contributed by atoms with Crippen LogP contribution in [0.15, 0.2) is 12.3 Å². The second-order valence-electron chi connectivity index (χ2n) is 4.65. The number of rotatable bonds is 3. The smallest absolute Gasteiger partial charge is 0.432 e. The summed E-state index contributed by atoms with van der Waals surface area (Å²) in [6.45, 7) is 0.681. The standard InChI is InChI=1S/C10H12N2O3/c13-9(14)12-2-1-8(11-12)15-6-10-3-7(4-10)5-10/h1-2,7H,3-6H2,(H,13,14). The van der Waals surface area contributed by atoms with Crippen LogP contribution < -0.4 is 4.74 Å². The lowest BCUT2D eigenvalue weighted by Crippen LogP contribution is -2.55. The molecule has 1 heterocycles. The molecule has 4 rings (SSSR count). The molecule has 3 saturated carbocycles. The summed E-state index contributed by atoms with van der Waals surface area (Å²) in [5, 5.41) is 12.4. The van der Waals surface area contributed by atoms with Gasteiger partial charge in [-0.05, 0) is 25.2 Å². The van der Waals surface area contributed by atoms with E-state index in [0.717, 1.165) is 10.6 Å². The van der Waals surface area contributed by atoms with E-state index < -0.39 is 6.09 Å². The normalized spacial score (nSPS) is 31.6. The average molecular weight is 208 g/mol. The Labute approximate surface area is 86.7 Å². The average Bonchev–Trinajstić information content (AvgIpc) is 2.47. The zero-order chi connectivity index (χ0) is 10.5. The third-order valence-electron chi connectivity index (χ3n) is 3.45. The minimum absolute atomic E-state index is 0.400. The summed E-state index contributed by atoms with van der Waals surface area (Å²) in [4.78, 5) is 10.5. The predicted molar refractivity (Wildman–Crippen MR) is 50.9 cm³/mol. The van der Waals surface area contributed by atoms with Gasteiger partial charge in [0.1, 0.15) is 0 Å². The van der Waals surface area contributed by atoms with Gasteiger partial charge in [0.2, 0.25) is 5.88 Å².